The van der Waals surface area contributed by atoms with Crippen molar-refractivity contribution in [2.24, 2.45) is 0 Å². The molecule has 1 N–H and O–H groups in total. The molecule has 0 saturated carbocycles. The number of anilines is 1. The van der Waals surface area contributed by atoms with Gasteiger partial charge in [-0.25, -0.2) is 4.79 Å². The Morgan fingerprint density at radius 2 is 1.50 bits per heavy atom. The quantitative estimate of drug-likeness (QED) is 0.476. The first-order valence-electron chi connectivity index (χ1n) is 10.0. The fourth-order valence-electron chi connectivity index (χ4n) is 3.55. The Balaban J connectivity index is 1.45. The molecule has 0 spiro atoms. The van der Waals surface area contributed by atoms with Gasteiger partial charge < -0.3 is 10.1 Å². The first kappa shape index (κ1) is 21.0. The van der Waals surface area contributed by atoms with Crippen LogP contribution in [-0.2, 0) is 9.53 Å². The van der Waals surface area contributed by atoms with Crippen molar-refractivity contribution < 1.29 is 23.9 Å². The van der Waals surface area contributed by atoms with E-state index in [9.17, 15) is 19.2 Å². The first-order valence-corrected chi connectivity index (χ1v) is 10.0. The highest BCUT2D eigenvalue weighted by Gasteiger charge is 2.39. The lowest BCUT2D eigenvalue weighted by Crippen LogP contribution is -2.32. The van der Waals surface area contributed by atoms with Crippen LogP contribution in [0.2, 0.25) is 0 Å². The number of ether oxygens (including phenoxy) is 1. The Kier molecular flexibility index (Phi) is 5.81. The second kappa shape index (κ2) is 8.85. The molecule has 3 aromatic rings. The Morgan fingerprint density at radius 3 is 2.19 bits per heavy atom. The van der Waals surface area contributed by atoms with E-state index in [4.69, 9.17) is 4.74 Å². The lowest BCUT2D eigenvalue weighted by atomic mass is 10.1. The molecule has 3 amide bonds. The molecule has 1 atom stereocenters. The van der Waals surface area contributed by atoms with E-state index in [0.717, 1.165) is 5.56 Å². The zero-order valence-electron chi connectivity index (χ0n) is 17.3. The van der Waals surface area contributed by atoms with E-state index >= 15 is 0 Å². The van der Waals surface area contributed by atoms with Crippen LogP contribution in [0.4, 0.5) is 5.69 Å². The average molecular weight is 428 g/mol. The van der Waals surface area contributed by atoms with Crippen molar-refractivity contribution in [3.05, 3.63) is 101 Å². The number of hydrogen-bond acceptors (Lipinski definition) is 5. The van der Waals surface area contributed by atoms with Crippen LogP contribution in [0.5, 0.6) is 0 Å². The minimum absolute atomic E-state index is 0.0895. The number of rotatable bonds is 6. The molecule has 0 saturated heterocycles. The topological polar surface area (TPSA) is 92.8 Å². The maximum Gasteiger partial charge on any atom is 0.338 e. The number of fused-ring (bicyclic) bond motifs is 1. The number of carbonyl (C=O) groups excluding carboxylic acids is 4. The number of imide groups is 1. The average Bonchev–Trinajstić information content (AvgIpc) is 3.07. The van der Waals surface area contributed by atoms with Gasteiger partial charge in [-0.2, -0.15) is 0 Å². The summed E-state index contributed by atoms with van der Waals surface area (Å²) in [6.07, 6.45) is 0. The highest BCUT2D eigenvalue weighted by molar-refractivity contribution is 6.22. The fraction of sp³-hybridized carbons (Fsp3) is 0.120. The number of nitrogens with one attached hydrogen (secondary N) is 1. The lowest BCUT2D eigenvalue weighted by molar-refractivity contribution is -0.119. The minimum Gasteiger partial charge on any atom is -0.452 e. The van der Waals surface area contributed by atoms with Crippen LogP contribution >= 0.6 is 0 Å². The summed E-state index contributed by atoms with van der Waals surface area (Å²) in [4.78, 5) is 51.4. The van der Waals surface area contributed by atoms with Gasteiger partial charge in [-0.05, 0) is 42.8 Å². The standard InChI is InChI=1S/C25H20N2O5/c1-16(17-8-4-2-5-9-17)27-23(29)20-13-12-18(14-21(20)24(27)30)25(31)32-15-22(28)26-19-10-6-3-7-11-19/h2-14,16H,15H2,1H3,(H,26,28)/t16-/m0/s1. The van der Waals surface area contributed by atoms with Crippen LogP contribution < -0.4 is 5.32 Å². The van der Waals surface area contributed by atoms with Gasteiger partial charge in [0.15, 0.2) is 6.61 Å². The third-order valence-electron chi connectivity index (χ3n) is 5.21. The van der Waals surface area contributed by atoms with E-state index in [-0.39, 0.29) is 16.7 Å². The van der Waals surface area contributed by atoms with Gasteiger partial charge in [0.05, 0.1) is 22.7 Å². The smallest absolute Gasteiger partial charge is 0.338 e. The summed E-state index contributed by atoms with van der Waals surface area (Å²) in [5.41, 5.74) is 1.87. The van der Waals surface area contributed by atoms with Gasteiger partial charge in [-0.15, -0.1) is 0 Å². The van der Waals surface area contributed by atoms with Crippen LogP contribution in [0.15, 0.2) is 78.9 Å². The lowest BCUT2D eigenvalue weighted by Gasteiger charge is -2.22. The second-order valence-corrected chi connectivity index (χ2v) is 7.32. The third kappa shape index (κ3) is 4.13. The normalized spacial score (nSPS) is 13.5. The number of hydrogen-bond donors (Lipinski definition) is 1. The molecule has 0 fully saturated rings. The van der Waals surface area contributed by atoms with E-state index in [1.807, 2.05) is 36.4 Å². The molecule has 1 aliphatic heterocycles. The number of nitrogens with zero attached hydrogens (tertiary/aromatic N) is 1. The van der Waals surface area contributed by atoms with E-state index in [2.05, 4.69) is 5.32 Å². The van der Waals surface area contributed by atoms with E-state index < -0.39 is 36.3 Å². The molecular weight excluding hydrogens is 408 g/mol. The van der Waals surface area contributed by atoms with Gasteiger partial charge in [0.1, 0.15) is 0 Å². The predicted octanol–water partition coefficient (Wildman–Crippen LogP) is 3.84. The van der Waals surface area contributed by atoms with Crippen LogP contribution in [0, 0.1) is 0 Å². The Labute approximate surface area is 184 Å². The van der Waals surface area contributed by atoms with Crippen molar-refractivity contribution in [2.45, 2.75) is 13.0 Å². The van der Waals surface area contributed by atoms with Crippen molar-refractivity contribution in [3.8, 4) is 0 Å². The zero-order chi connectivity index (χ0) is 22.7. The summed E-state index contributed by atoms with van der Waals surface area (Å²) in [5, 5.41) is 2.62. The van der Waals surface area contributed by atoms with Crippen LogP contribution in [0.25, 0.3) is 0 Å². The molecule has 0 aromatic heterocycles. The number of benzene rings is 3. The van der Waals surface area contributed by atoms with Gasteiger partial charge >= 0.3 is 5.97 Å². The monoisotopic (exact) mass is 428 g/mol. The van der Waals surface area contributed by atoms with Crippen LogP contribution in [-0.4, -0.2) is 35.2 Å². The molecule has 0 radical (unpaired) electrons. The maximum absolute atomic E-state index is 13.0. The summed E-state index contributed by atoms with van der Waals surface area (Å²) in [5.74, 6) is -2.13. The van der Waals surface area contributed by atoms with Crippen molar-refractivity contribution in [3.63, 3.8) is 0 Å². The molecule has 7 nitrogen and oxygen atoms in total. The Bertz CT molecular complexity index is 1190. The molecule has 160 valence electrons. The summed E-state index contributed by atoms with van der Waals surface area (Å²) in [7, 11) is 0. The van der Waals surface area contributed by atoms with Gasteiger partial charge in [-0.1, -0.05) is 48.5 Å². The summed E-state index contributed by atoms with van der Waals surface area (Å²) in [6.45, 7) is 1.30. The van der Waals surface area contributed by atoms with Gasteiger partial charge in [0.25, 0.3) is 17.7 Å². The SMILES string of the molecule is C[C@@H](c1ccccc1)N1C(=O)c2ccc(C(=O)OCC(=O)Nc3ccccc3)cc2C1=O. The molecule has 4 rings (SSSR count). The molecule has 0 unspecified atom stereocenters. The molecule has 1 heterocycles. The van der Waals surface area contributed by atoms with Crippen molar-refractivity contribution in [2.75, 3.05) is 11.9 Å². The summed E-state index contributed by atoms with van der Waals surface area (Å²) >= 11 is 0. The molecule has 3 aromatic carbocycles. The Morgan fingerprint density at radius 1 is 0.875 bits per heavy atom. The van der Waals surface area contributed by atoms with Crippen molar-refractivity contribution in [1.29, 1.82) is 0 Å². The molecule has 0 bridgehead atoms. The first-order chi connectivity index (χ1) is 15.5. The highest BCUT2D eigenvalue weighted by Crippen LogP contribution is 2.31. The minimum atomic E-state index is -0.759. The van der Waals surface area contributed by atoms with Crippen molar-refractivity contribution >= 4 is 29.4 Å². The molecule has 0 aliphatic carbocycles. The van der Waals surface area contributed by atoms with E-state index in [0.29, 0.717) is 5.69 Å². The largest absolute Gasteiger partial charge is 0.452 e. The van der Waals surface area contributed by atoms with Crippen LogP contribution in [0.3, 0.4) is 0 Å². The van der Waals surface area contributed by atoms with Gasteiger partial charge in [-0.3, -0.25) is 19.3 Å². The maximum atomic E-state index is 13.0. The van der Waals surface area contributed by atoms with Crippen molar-refractivity contribution in [1.82, 2.24) is 4.90 Å². The third-order valence-corrected chi connectivity index (χ3v) is 5.21. The summed E-state index contributed by atoms with van der Waals surface area (Å²) < 4.78 is 5.07. The molecule has 32 heavy (non-hydrogen) atoms. The molecule has 7 heteroatoms. The molecule has 1 aliphatic rings. The van der Waals surface area contributed by atoms with Gasteiger partial charge in [0.2, 0.25) is 0 Å². The van der Waals surface area contributed by atoms with Gasteiger partial charge in [0, 0.05) is 5.69 Å². The number of carbonyl (C=O) groups is 4. The van der Waals surface area contributed by atoms with E-state index in [1.54, 1.807) is 31.2 Å². The fourth-order valence-corrected chi connectivity index (χ4v) is 3.55. The van der Waals surface area contributed by atoms with Crippen LogP contribution in [0.1, 0.15) is 49.6 Å². The predicted molar refractivity (Wildman–Crippen MR) is 117 cm³/mol. The number of amides is 3. The van der Waals surface area contributed by atoms with E-state index in [1.165, 1.54) is 23.1 Å². The number of esters is 1. The summed E-state index contributed by atoms with van der Waals surface area (Å²) in [6, 6.07) is 21.7. The highest BCUT2D eigenvalue weighted by atomic mass is 16.5. The second-order valence-electron chi connectivity index (χ2n) is 7.32. The molecular formula is C25H20N2O5. The zero-order valence-corrected chi connectivity index (χ0v) is 17.3. The number of para-hydroxylation sites is 1. The Hall–Kier alpha value is -4.26.